The fraction of sp³-hybridized carbons (Fsp3) is 0.217. The van der Waals surface area contributed by atoms with Gasteiger partial charge in [-0.2, -0.15) is 0 Å². The average molecular weight is 516 g/mol. The Labute approximate surface area is 197 Å². The molecule has 0 aliphatic rings. The summed E-state index contributed by atoms with van der Waals surface area (Å²) in [6, 6.07) is 9.12. The highest BCUT2D eigenvalue weighted by Gasteiger charge is 2.32. The lowest BCUT2D eigenvalue weighted by Gasteiger charge is -2.14. The molecule has 0 saturated heterocycles. The molecule has 0 spiro atoms. The van der Waals surface area contributed by atoms with Crippen LogP contribution < -0.4 is 0 Å². The summed E-state index contributed by atoms with van der Waals surface area (Å²) < 4.78 is 22.6. The SMILES string of the molecule is CCOC(=O)c1c(C[S+]([O-])c2ccccc2)n(C)c2c(C)c(Br)c(O)c(-n3ccnc3)c12. The monoisotopic (exact) mass is 515 g/mol. The minimum atomic E-state index is -1.38. The molecule has 166 valence electrons. The minimum absolute atomic E-state index is 0.0140. The number of benzene rings is 2. The lowest BCUT2D eigenvalue weighted by molar-refractivity contribution is 0.0527. The number of hydrogen-bond acceptors (Lipinski definition) is 5. The van der Waals surface area contributed by atoms with Crippen LogP contribution in [0.4, 0.5) is 0 Å². The third-order valence-electron chi connectivity index (χ3n) is 5.39. The van der Waals surface area contributed by atoms with Crippen LogP contribution in [0.2, 0.25) is 0 Å². The third-order valence-corrected chi connectivity index (χ3v) is 7.69. The third kappa shape index (κ3) is 3.70. The zero-order chi connectivity index (χ0) is 23.0. The number of ether oxygens (including phenoxy) is 1. The Morgan fingerprint density at radius 1 is 1.31 bits per heavy atom. The van der Waals surface area contributed by atoms with Crippen LogP contribution in [0.5, 0.6) is 5.75 Å². The first kappa shape index (κ1) is 22.4. The number of esters is 1. The van der Waals surface area contributed by atoms with Crippen LogP contribution in [0.3, 0.4) is 0 Å². The van der Waals surface area contributed by atoms with E-state index in [2.05, 4.69) is 20.9 Å². The van der Waals surface area contributed by atoms with E-state index in [1.807, 2.05) is 36.7 Å². The van der Waals surface area contributed by atoms with Crippen LogP contribution >= 0.6 is 15.9 Å². The predicted molar refractivity (Wildman–Crippen MR) is 127 cm³/mol. The standard InChI is InChI=1S/C23H22BrN3O4S/c1-4-31-23(29)17-16(12-32(30)15-8-6-5-7-9-15)26(3)20-14(2)19(24)22(28)21(18(17)20)27-11-10-25-13-27/h5-11,13,28H,4,12H2,1-3H3. The number of hydrogen-bond donors (Lipinski definition) is 1. The smallest absolute Gasteiger partial charge is 0.340 e. The largest absolute Gasteiger partial charge is 0.611 e. The molecule has 2 heterocycles. The Bertz CT molecular complexity index is 1290. The van der Waals surface area contributed by atoms with Crippen molar-refractivity contribution in [2.24, 2.45) is 7.05 Å². The van der Waals surface area contributed by atoms with E-state index in [-0.39, 0.29) is 18.1 Å². The molecule has 0 aliphatic carbocycles. The number of carbonyl (C=O) groups is 1. The fourth-order valence-corrected chi connectivity index (χ4v) is 5.51. The van der Waals surface area contributed by atoms with Gasteiger partial charge in [0.1, 0.15) is 5.69 Å². The van der Waals surface area contributed by atoms with E-state index in [0.717, 1.165) is 11.1 Å². The second kappa shape index (κ2) is 9.01. The van der Waals surface area contributed by atoms with Crippen molar-refractivity contribution in [3.63, 3.8) is 0 Å². The summed E-state index contributed by atoms with van der Waals surface area (Å²) in [6.45, 7) is 3.79. The summed E-state index contributed by atoms with van der Waals surface area (Å²) in [5.41, 5.74) is 2.77. The maximum absolute atomic E-state index is 13.2. The van der Waals surface area contributed by atoms with E-state index in [1.165, 1.54) is 0 Å². The number of phenols is 1. The zero-order valence-corrected chi connectivity index (χ0v) is 20.2. The second-order valence-electron chi connectivity index (χ2n) is 7.23. The molecule has 0 radical (unpaired) electrons. The number of aromatic nitrogens is 3. The highest BCUT2D eigenvalue weighted by molar-refractivity contribution is 9.10. The van der Waals surface area contributed by atoms with E-state index < -0.39 is 17.1 Å². The molecule has 0 amide bonds. The van der Waals surface area contributed by atoms with Gasteiger partial charge in [-0.3, -0.25) is 0 Å². The van der Waals surface area contributed by atoms with Gasteiger partial charge in [0, 0.05) is 24.8 Å². The molecule has 0 aliphatic heterocycles. The molecule has 1 unspecified atom stereocenters. The highest BCUT2D eigenvalue weighted by atomic mass is 79.9. The first-order chi connectivity index (χ1) is 15.4. The highest BCUT2D eigenvalue weighted by Crippen LogP contribution is 2.44. The summed E-state index contributed by atoms with van der Waals surface area (Å²) in [4.78, 5) is 17.9. The van der Waals surface area contributed by atoms with Crippen molar-refractivity contribution in [2.75, 3.05) is 6.61 Å². The molecule has 1 atom stereocenters. The van der Waals surface area contributed by atoms with Crippen molar-refractivity contribution in [3.05, 3.63) is 70.3 Å². The molecule has 4 aromatic rings. The number of fused-ring (bicyclic) bond motifs is 1. The summed E-state index contributed by atoms with van der Waals surface area (Å²) >= 11 is 2.10. The molecule has 2 aromatic heterocycles. The normalized spacial score (nSPS) is 12.3. The van der Waals surface area contributed by atoms with Gasteiger partial charge in [0.05, 0.1) is 34.2 Å². The van der Waals surface area contributed by atoms with Gasteiger partial charge in [-0.1, -0.05) is 18.2 Å². The van der Waals surface area contributed by atoms with Crippen molar-refractivity contribution >= 4 is 44.0 Å². The predicted octanol–water partition coefficient (Wildman–Crippen LogP) is 4.63. The Kier molecular flexibility index (Phi) is 6.32. The molecule has 0 bridgehead atoms. The Morgan fingerprint density at radius 2 is 2.03 bits per heavy atom. The van der Waals surface area contributed by atoms with Gasteiger partial charge in [0.25, 0.3) is 0 Å². The first-order valence-electron chi connectivity index (χ1n) is 9.97. The Hall–Kier alpha value is -2.75. The number of nitrogens with zero attached hydrogens (tertiary/aromatic N) is 3. The second-order valence-corrected chi connectivity index (χ2v) is 9.48. The number of aromatic hydroxyl groups is 1. The Balaban J connectivity index is 2.05. The molecule has 2 aromatic carbocycles. The van der Waals surface area contributed by atoms with E-state index in [1.54, 1.807) is 42.3 Å². The lowest BCUT2D eigenvalue weighted by Crippen LogP contribution is -2.14. The molecule has 4 rings (SSSR count). The van der Waals surface area contributed by atoms with Crippen LogP contribution in [0.15, 0.2) is 58.4 Å². The molecular weight excluding hydrogens is 494 g/mol. The van der Waals surface area contributed by atoms with Crippen molar-refractivity contribution in [2.45, 2.75) is 24.5 Å². The summed E-state index contributed by atoms with van der Waals surface area (Å²) in [7, 11) is 1.83. The van der Waals surface area contributed by atoms with Gasteiger partial charge >= 0.3 is 5.97 Å². The van der Waals surface area contributed by atoms with Crippen LogP contribution in [-0.2, 0) is 28.7 Å². The number of aryl methyl sites for hydroxylation is 2. The molecule has 7 nitrogen and oxygen atoms in total. The molecule has 0 fully saturated rings. The molecular formula is C23H22BrN3O4S. The minimum Gasteiger partial charge on any atom is -0.611 e. The number of halogens is 1. The van der Waals surface area contributed by atoms with Crippen LogP contribution in [0.25, 0.3) is 16.6 Å². The maximum Gasteiger partial charge on any atom is 0.340 e. The lowest BCUT2D eigenvalue weighted by atomic mass is 10.0. The van der Waals surface area contributed by atoms with Gasteiger partial charge in [-0.05, 0) is 58.6 Å². The summed E-state index contributed by atoms with van der Waals surface area (Å²) in [6.07, 6.45) is 4.84. The van der Waals surface area contributed by atoms with Gasteiger partial charge < -0.3 is 23.5 Å². The van der Waals surface area contributed by atoms with Crippen molar-refractivity contribution in [1.82, 2.24) is 14.1 Å². The molecule has 1 N–H and O–H groups in total. The quantitative estimate of drug-likeness (QED) is 0.298. The van der Waals surface area contributed by atoms with Gasteiger partial charge in [0.2, 0.25) is 0 Å². The van der Waals surface area contributed by atoms with Crippen LogP contribution in [-0.4, -0.2) is 36.4 Å². The van der Waals surface area contributed by atoms with Crippen molar-refractivity contribution < 1.29 is 19.2 Å². The van der Waals surface area contributed by atoms with E-state index in [0.29, 0.717) is 31.7 Å². The average Bonchev–Trinajstić information content (AvgIpc) is 3.41. The number of phenolic OH excluding ortho intramolecular Hbond substituents is 1. The topological polar surface area (TPSA) is 92.3 Å². The zero-order valence-electron chi connectivity index (χ0n) is 17.8. The fourth-order valence-electron chi connectivity index (χ4n) is 3.92. The van der Waals surface area contributed by atoms with Crippen LogP contribution in [0, 0.1) is 6.92 Å². The van der Waals surface area contributed by atoms with E-state index in [4.69, 9.17) is 4.74 Å². The number of imidazole rings is 1. The van der Waals surface area contributed by atoms with Gasteiger partial charge in [-0.15, -0.1) is 0 Å². The van der Waals surface area contributed by atoms with E-state index >= 15 is 0 Å². The van der Waals surface area contributed by atoms with Crippen molar-refractivity contribution in [3.8, 4) is 11.4 Å². The van der Waals surface area contributed by atoms with E-state index in [9.17, 15) is 14.5 Å². The van der Waals surface area contributed by atoms with Crippen molar-refractivity contribution in [1.29, 1.82) is 0 Å². The molecule has 32 heavy (non-hydrogen) atoms. The number of carbonyl (C=O) groups excluding carboxylic acids is 1. The number of rotatable bonds is 6. The van der Waals surface area contributed by atoms with Gasteiger partial charge in [0.15, 0.2) is 16.4 Å². The first-order valence-corrected chi connectivity index (χ1v) is 12.1. The van der Waals surface area contributed by atoms with Gasteiger partial charge in [-0.25, -0.2) is 9.78 Å². The summed E-state index contributed by atoms with van der Waals surface area (Å²) in [5, 5.41) is 11.6. The molecule has 9 heteroatoms. The molecule has 0 saturated carbocycles. The van der Waals surface area contributed by atoms with Crippen LogP contribution in [0.1, 0.15) is 28.5 Å². The maximum atomic E-state index is 13.2. The summed E-state index contributed by atoms with van der Waals surface area (Å²) in [5.74, 6) is -0.426. The Morgan fingerprint density at radius 3 is 2.66 bits per heavy atom.